The van der Waals surface area contributed by atoms with Gasteiger partial charge in [0.1, 0.15) is 11.6 Å². The number of fused-ring (bicyclic) bond motifs is 1. The highest BCUT2D eigenvalue weighted by atomic mass is 19.1. The van der Waals surface area contributed by atoms with E-state index in [4.69, 9.17) is 0 Å². The predicted octanol–water partition coefficient (Wildman–Crippen LogP) is 3.65. The van der Waals surface area contributed by atoms with E-state index in [1.54, 1.807) is 6.33 Å². The Morgan fingerprint density at radius 2 is 2.11 bits per heavy atom. The Labute approximate surface area is 212 Å². The molecule has 1 fully saturated rings. The SMILES string of the molecule is CCC[C@H](N[C@H]1CCc2cc(F)cc(F)c2C1)C(=O)Nc1cn(CC2CCCN2C[C@@H](O)CC)cn1. The van der Waals surface area contributed by atoms with E-state index in [1.807, 2.05) is 24.6 Å². The van der Waals surface area contributed by atoms with Gasteiger partial charge in [0.2, 0.25) is 5.91 Å². The van der Waals surface area contributed by atoms with Crippen molar-refractivity contribution in [2.24, 2.45) is 0 Å². The molecule has 1 amide bonds. The lowest BCUT2D eigenvalue weighted by molar-refractivity contribution is -0.118. The van der Waals surface area contributed by atoms with Gasteiger partial charge in [-0.1, -0.05) is 20.3 Å². The number of hydrogen-bond donors (Lipinski definition) is 3. The second kappa shape index (κ2) is 12.3. The molecule has 1 saturated heterocycles. The van der Waals surface area contributed by atoms with Crippen LogP contribution in [0.5, 0.6) is 0 Å². The molecule has 0 radical (unpaired) electrons. The van der Waals surface area contributed by atoms with Crippen molar-refractivity contribution >= 4 is 11.7 Å². The number of β-amino-alcohol motifs (C(OH)–C–C–N with tert-alkyl or cyclic N) is 1. The molecule has 1 aromatic carbocycles. The van der Waals surface area contributed by atoms with Crippen molar-refractivity contribution in [2.75, 3.05) is 18.4 Å². The predicted molar refractivity (Wildman–Crippen MR) is 136 cm³/mol. The van der Waals surface area contributed by atoms with Crippen LogP contribution in [0, 0.1) is 11.6 Å². The normalized spacial score (nSPS) is 21.8. The average molecular weight is 504 g/mol. The van der Waals surface area contributed by atoms with Gasteiger partial charge in [-0.05, 0) is 68.7 Å². The second-order valence-corrected chi connectivity index (χ2v) is 10.3. The molecule has 9 heteroatoms. The Hall–Kier alpha value is -2.36. The first kappa shape index (κ1) is 26.7. The first-order valence-corrected chi connectivity index (χ1v) is 13.3. The van der Waals surface area contributed by atoms with Crippen molar-refractivity contribution < 1.29 is 18.7 Å². The fourth-order valence-corrected chi connectivity index (χ4v) is 5.52. The maximum atomic E-state index is 14.3. The monoisotopic (exact) mass is 503 g/mol. The minimum absolute atomic E-state index is 0.0517. The van der Waals surface area contributed by atoms with Crippen molar-refractivity contribution in [3.8, 4) is 0 Å². The Morgan fingerprint density at radius 1 is 1.28 bits per heavy atom. The molecule has 1 aliphatic heterocycles. The van der Waals surface area contributed by atoms with Crippen LogP contribution in [0.2, 0.25) is 0 Å². The van der Waals surface area contributed by atoms with Crippen molar-refractivity contribution in [1.82, 2.24) is 19.8 Å². The van der Waals surface area contributed by atoms with E-state index in [2.05, 4.69) is 20.5 Å². The fourth-order valence-electron chi connectivity index (χ4n) is 5.52. The largest absolute Gasteiger partial charge is 0.392 e. The topological polar surface area (TPSA) is 82.4 Å². The molecule has 3 N–H and O–H groups in total. The summed E-state index contributed by atoms with van der Waals surface area (Å²) in [5.41, 5.74) is 1.26. The molecule has 0 bridgehead atoms. The van der Waals surface area contributed by atoms with Gasteiger partial charge in [-0.25, -0.2) is 13.8 Å². The van der Waals surface area contributed by atoms with Gasteiger partial charge in [-0.3, -0.25) is 9.69 Å². The Morgan fingerprint density at radius 3 is 2.89 bits per heavy atom. The van der Waals surface area contributed by atoms with Gasteiger partial charge in [0, 0.05) is 37.4 Å². The number of aryl methyl sites for hydroxylation is 1. The zero-order chi connectivity index (χ0) is 25.7. The summed E-state index contributed by atoms with van der Waals surface area (Å²) in [5, 5.41) is 16.4. The average Bonchev–Trinajstić information content (AvgIpc) is 3.48. The van der Waals surface area contributed by atoms with Crippen LogP contribution in [0.15, 0.2) is 24.7 Å². The number of nitrogens with one attached hydrogen (secondary N) is 2. The second-order valence-electron chi connectivity index (χ2n) is 10.3. The number of halogens is 2. The van der Waals surface area contributed by atoms with Gasteiger partial charge >= 0.3 is 0 Å². The van der Waals surface area contributed by atoms with E-state index in [-0.39, 0.29) is 18.1 Å². The van der Waals surface area contributed by atoms with E-state index in [0.717, 1.165) is 56.8 Å². The third kappa shape index (κ3) is 6.69. The summed E-state index contributed by atoms with van der Waals surface area (Å²) in [7, 11) is 0. The first-order valence-electron chi connectivity index (χ1n) is 13.3. The number of nitrogens with zero attached hydrogens (tertiary/aromatic N) is 3. The Balaban J connectivity index is 1.33. The number of hydrogen-bond acceptors (Lipinski definition) is 5. The van der Waals surface area contributed by atoms with Crippen LogP contribution < -0.4 is 10.6 Å². The maximum Gasteiger partial charge on any atom is 0.242 e. The lowest BCUT2D eigenvalue weighted by Crippen LogP contribution is -2.48. The molecule has 4 rings (SSSR count). The summed E-state index contributed by atoms with van der Waals surface area (Å²) in [6.07, 6.45) is 9.46. The third-order valence-corrected chi connectivity index (χ3v) is 7.52. The molecule has 0 spiro atoms. The van der Waals surface area contributed by atoms with E-state index in [0.29, 0.717) is 43.2 Å². The number of benzene rings is 1. The molecule has 1 aliphatic carbocycles. The van der Waals surface area contributed by atoms with E-state index in [1.165, 1.54) is 6.07 Å². The fraction of sp³-hybridized carbons (Fsp3) is 0.630. The van der Waals surface area contributed by atoms with Crippen molar-refractivity contribution in [3.05, 3.63) is 47.4 Å². The van der Waals surface area contributed by atoms with Gasteiger partial charge in [0.05, 0.1) is 18.5 Å². The summed E-state index contributed by atoms with van der Waals surface area (Å²) in [5.74, 6) is -0.694. The molecule has 36 heavy (non-hydrogen) atoms. The minimum atomic E-state index is -0.542. The molecular formula is C27H39F2N5O2. The van der Waals surface area contributed by atoms with Crippen LogP contribution >= 0.6 is 0 Å². The summed E-state index contributed by atoms with van der Waals surface area (Å²) in [6, 6.07) is 2.23. The van der Waals surface area contributed by atoms with Crippen LogP contribution in [0.25, 0.3) is 0 Å². The van der Waals surface area contributed by atoms with Gasteiger partial charge in [-0.2, -0.15) is 0 Å². The zero-order valence-electron chi connectivity index (χ0n) is 21.4. The van der Waals surface area contributed by atoms with Gasteiger partial charge in [0.25, 0.3) is 0 Å². The maximum absolute atomic E-state index is 14.3. The first-order chi connectivity index (χ1) is 17.4. The summed E-state index contributed by atoms with van der Waals surface area (Å²) < 4.78 is 29.9. The molecular weight excluding hydrogens is 464 g/mol. The van der Waals surface area contributed by atoms with Crippen LogP contribution in [0.4, 0.5) is 14.6 Å². The molecule has 2 heterocycles. The number of aliphatic hydroxyl groups is 1. The van der Waals surface area contributed by atoms with Crippen LogP contribution in [-0.4, -0.2) is 62.8 Å². The van der Waals surface area contributed by atoms with E-state index in [9.17, 15) is 18.7 Å². The number of aromatic nitrogens is 2. The highest BCUT2D eigenvalue weighted by molar-refractivity contribution is 5.94. The molecule has 2 aliphatic rings. The number of carbonyl (C=O) groups is 1. The van der Waals surface area contributed by atoms with Crippen molar-refractivity contribution in [3.63, 3.8) is 0 Å². The number of anilines is 1. The third-order valence-electron chi connectivity index (χ3n) is 7.52. The molecule has 2 aromatic rings. The van der Waals surface area contributed by atoms with E-state index < -0.39 is 17.7 Å². The smallest absolute Gasteiger partial charge is 0.242 e. The zero-order valence-corrected chi connectivity index (χ0v) is 21.4. The Bertz CT molecular complexity index is 1030. The number of likely N-dealkylation sites (tertiary alicyclic amines) is 1. The highest BCUT2D eigenvalue weighted by Crippen LogP contribution is 2.26. The van der Waals surface area contributed by atoms with Crippen molar-refractivity contribution in [2.45, 2.75) is 96.0 Å². The van der Waals surface area contributed by atoms with Gasteiger partial charge in [0.15, 0.2) is 5.82 Å². The quantitative estimate of drug-likeness (QED) is 0.436. The molecule has 7 nitrogen and oxygen atoms in total. The number of carbonyl (C=O) groups excluding carboxylic acids is 1. The minimum Gasteiger partial charge on any atom is -0.392 e. The number of amides is 1. The lowest BCUT2D eigenvalue weighted by Gasteiger charge is -2.29. The molecule has 0 saturated carbocycles. The van der Waals surface area contributed by atoms with Gasteiger partial charge < -0.3 is 20.3 Å². The number of rotatable bonds is 11. The van der Waals surface area contributed by atoms with E-state index >= 15 is 0 Å². The Kier molecular flexibility index (Phi) is 9.09. The summed E-state index contributed by atoms with van der Waals surface area (Å²) >= 11 is 0. The van der Waals surface area contributed by atoms with Crippen molar-refractivity contribution in [1.29, 1.82) is 0 Å². The van der Waals surface area contributed by atoms with Crippen LogP contribution in [-0.2, 0) is 24.2 Å². The van der Waals surface area contributed by atoms with Gasteiger partial charge in [-0.15, -0.1) is 0 Å². The summed E-state index contributed by atoms with van der Waals surface area (Å²) in [4.78, 5) is 19.8. The molecule has 4 atom stereocenters. The standard InChI is InChI=1S/C27H39F2N5O2/c1-3-6-25(31-20-9-8-18-11-19(28)12-24(29)23(18)13-20)27(36)32-26-16-33(17-30-26)14-21-7-5-10-34(21)15-22(35)4-2/h11-12,16-17,20-22,25,31,35H,3-10,13-15H2,1-2H3,(H,32,36)/t20-,21?,22-,25-/m0/s1. The molecule has 1 aromatic heterocycles. The highest BCUT2D eigenvalue weighted by Gasteiger charge is 2.28. The molecule has 1 unspecified atom stereocenters. The van der Waals surface area contributed by atoms with Crippen LogP contribution in [0.3, 0.4) is 0 Å². The molecule has 198 valence electrons. The summed E-state index contributed by atoms with van der Waals surface area (Å²) in [6.45, 7) is 6.47. The number of imidazole rings is 1. The lowest BCUT2D eigenvalue weighted by atomic mass is 9.87. The van der Waals surface area contributed by atoms with Crippen LogP contribution in [0.1, 0.15) is 63.5 Å². The number of aliphatic hydroxyl groups excluding tert-OH is 1.